The summed E-state index contributed by atoms with van der Waals surface area (Å²) in [6, 6.07) is 0. The largest absolute Gasteiger partial charge is 2.00 e. The third-order valence-corrected chi connectivity index (χ3v) is 0.781. The van der Waals surface area contributed by atoms with Crippen LogP contribution in [0.1, 0.15) is 113 Å². The summed E-state index contributed by atoms with van der Waals surface area (Å²) in [6.07, 6.45) is 2.34. The van der Waals surface area contributed by atoms with E-state index in [1.54, 1.807) is 0 Å². The zero-order chi connectivity index (χ0) is 15.7. The first-order valence-corrected chi connectivity index (χ1v) is 7.25. The summed E-state index contributed by atoms with van der Waals surface area (Å²) < 4.78 is 0. The number of rotatable bonds is 2. The first-order chi connectivity index (χ1) is 7.97. The van der Waals surface area contributed by atoms with Crippen molar-refractivity contribution in [3.05, 3.63) is 50.0 Å². The van der Waals surface area contributed by atoms with E-state index in [9.17, 15) is 0 Å². The van der Waals surface area contributed by atoms with E-state index in [0.717, 1.165) is 12.3 Å². The molecule has 0 N–H and O–H groups in total. The van der Waals surface area contributed by atoms with E-state index in [0.29, 0.717) is 17.8 Å². The molecule has 0 unspecified atom stereocenters. The third-order valence-electron chi connectivity index (χ3n) is 0.781. The molecule has 0 saturated carbocycles. The van der Waals surface area contributed by atoms with Crippen molar-refractivity contribution >= 4 is 0 Å². The van der Waals surface area contributed by atoms with Gasteiger partial charge >= 0.3 is 63.2 Å². The molecule has 0 aliphatic rings. The molecule has 0 saturated heterocycles. The first kappa shape index (κ1) is 129. The molecule has 0 rings (SSSR count). The molecule has 0 aliphatic carbocycles. The maximum Gasteiger partial charge on any atom is 2.00 e. The molecule has 31 heavy (non-hydrogen) atoms. The van der Waals surface area contributed by atoms with E-state index in [2.05, 4.69) is 83.1 Å². The van der Waals surface area contributed by atoms with Gasteiger partial charge in [-0.1, -0.05) is 106 Å². The fraction of sp³-hybridized carbons (Fsp3) is 0.741. The summed E-state index contributed by atoms with van der Waals surface area (Å²) in [7, 11) is 0. The van der Waals surface area contributed by atoms with Crippen LogP contribution in [-0.4, -0.2) is 0 Å². The van der Waals surface area contributed by atoms with Crippen molar-refractivity contribution in [3.63, 3.8) is 0 Å². The first-order valence-electron chi connectivity index (χ1n) is 7.25. The number of hydrogen-bond acceptors (Lipinski definition) is 0. The topological polar surface area (TPSA) is 0 Å². The maximum atomic E-state index is 3.73. The molecule has 206 valence electrons. The van der Waals surface area contributed by atoms with Crippen LogP contribution in [0.4, 0.5) is 0 Å². The molecule has 0 aliphatic heterocycles. The van der Waals surface area contributed by atoms with Gasteiger partial charge in [0.15, 0.2) is 0 Å². The second-order valence-electron chi connectivity index (χ2n) is 6.22. The van der Waals surface area contributed by atoms with Crippen LogP contribution < -0.4 is 0 Å². The Morgan fingerprint density at radius 3 is 0.581 bits per heavy atom. The molecular weight excluding hydrogens is 1060 g/mol. The van der Waals surface area contributed by atoms with Gasteiger partial charge in [0.05, 0.1) is 0 Å². The average Bonchev–Trinajstić information content (AvgIpc) is 1.98. The van der Waals surface area contributed by atoms with Gasteiger partial charge in [-0.05, 0) is 5.92 Å². The fourth-order valence-electron chi connectivity index (χ4n) is 0.408. The van der Waals surface area contributed by atoms with Crippen molar-refractivity contribution in [1.82, 2.24) is 0 Å². The minimum atomic E-state index is 0. The van der Waals surface area contributed by atoms with E-state index in [4.69, 9.17) is 0 Å². The van der Waals surface area contributed by atoms with Gasteiger partial charge in [0.25, 0.3) is 0 Å². The van der Waals surface area contributed by atoms with E-state index in [-0.39, 0.29) is 151 Å². The van der Waals surface area contributed by atoms with E-state index in [1.165, 1.54) is 6.42 Å². The standard InChI is InChI=1S/C6H13.3C4H9.6CH4.3CH3.4W/c1-4-5-6(2)3;3*1-4(2)3;;;;;;;;;;;;;/h6H,1,4-5H2,2-3H3;3*4H,1H2,2-3H3;6*1H4;3*1H3;;;;/q4*-1;;;;;;;3*-1;;3*+2. The zero-order valence-corrected chi connectivity index (χ0v) is 30.9. The molecule has 0 fully saturated rings. The Kier molecular flexibility index (Phi) is 490. The van der Waals surface area contributed by atoms with E-state index >= 15 is 0 Å². The van der Waals surface area contributed by atoms with Crippen molar-refractivity contribution in [2.75, 3.05) is 0 Å². The predicted octanol–water partition coefficient (Wildman–Crippen LogP) is 11.8. The molecule has 0 atom stereocenters. The third kappa shape index (κ3) is 936. The molecule has 0 aromatic rings. The van der Waals surface area contributed by atoms with Gasteiger partial charge in [0.1, 0.15) is 0 Å². The van der Waals surface area contributed by atoms with Crippen LogP contribution >= 0.6 is 0 Å². The quantitative estimate of drug-likeness (QED) is 0.242. The molecule has 0 aromatic carbocycles. The van der Waals surface area contributed by atoms with Gasteiger partial charge < -0.3 is 50.0 Å². The van der Waals surface area contributed by atoms with Gasteiger partial charge in [0, 0.05) is 21.1 Å². The minimum Gasteiger partial charge on any atom is -0.358 e. The Morgan fingerprint density at radius 2 is 0.581 bits per heavy atom. The Balaban J connectivity index is -0.00000000498. The smallest absolute Gasteiger partial charge is 0.358 e. The van der Waals surface area contributed by atoms with Crippen LogP contribution in [0, 0.1) is 73.6 Å². The fourth-order valence-corrected chi connectivity index (χ4v) is 0.408. The second kappa shape index (κ2) is 118. The molecule has 0 aromatic heterocycles. The normalized spacial score (nSPS) is 5.42. The zero-order valence-electron chi connectivity index (χ0n) is 19.2. The van der Waals surface area contributed by atoms with Crippen molar-refractivity contribution in [2.45, 2.75) is 113 Å². The molecule has 0 nitrogen and oxygen atoms in total. The van der Waals surface area contributed by atoms with Crippen molar-refractivity contribution < 1.29 is 84.3 Å². The van der Waals surface area contributed by atoms with Crippen LogP contribution in [-0.2, 0) is 84.3 Å². The Labute approximate surface area is 268 Å². The molecule has 0 amide bonds. The molecule has 0 radical (unpaired) electrons. The SMILES string of the molecule is C.C.C.C.C.C.[CH2-]C(C)C.[CH2-]C(C)C.[CH2-]C(C)C.[CH2-]CCC(C)C.[CH3-].[CH3-].[CH3-].[W+2].[W+2].[W+2].[W]. The summed E-state index contributed by atoms with van der Waals surface area (Å²) in [6.45, 7) is 31.4. The summed E-state index contributed by atoms with van der Waals surface area (Å²) in [5, 5.41) is 0. The van der Waals surface area contributed by atoms with Gasteiger partial charge in [-0.15, -0.1) is 0 Å². The van der Waals surface area contributed by atoms with E-state index < -0.39 is 0 Å². The van der Waals surface area contributed by atoms with E-state index in [1.807, 2.05) is 0 Å². The van der Waals surface area contributed by atoms with Crippen LogP contribution in [0.25, 0.3) is 0 Å². The molecule has 4 heteroatoms. The molecule has 0 bridgehead atoms. The van der Waals surface area contributed by atoms with Crippen LogP contribution in [0.15, 0.2) is 0 Å². The summed E-state index contributed by atoms with van der Waals surface area (Å²) in [5.74, 6) is 2.59. The Hall–Kier alpha value is 2.75. The predicted molar refractivity (Wildman–Crippen MR) is 150 cm³/mol. The minimum absolute atomic E-state index is 0. The van der Waals surface area contributed by atoms with Crippen LogP contribution in [0.5, 0.6) is 0 Å². The second-order valence-corrected chi connectivity index (χ2v) is 6.22. The molecule has 0 heterocycles. The van der Waals surface area contributed by atoms with Gasteiger partial charge in [0.2, 0.25) is 0 Å². The number of hydrogen-bond donors (Lipinski definition) is 0. The van der Waals surface area contributed by atoms with Crippen LogP contribution in [0.2, 0.25) is 0 Å². The van der Waals surface area contributed by atoms with Crippen LogP contribution in [0.3, 0.4) is 0 Å². The van der Waals surface area contributed by atoms with Gasteiger partial charge in [-0.25, -0.2) is 0 Å². The van der Waals surface area contributed by atoms with Crippen molar-refractivity contribution in [2.24, 2.45) is 23.7 Å². The van der Waals surface area contributed by atoms with Gasteiger partial charge in [-0.3, -0.25) is 0 Å². The Bertz CT molecular complexity index is 93.3. The Morgan fingerprint density at radius 1 is 0.484 bits per heavy atom. The van der Waals surface area contributed by atoms with Crippen molar-refractivity contribution in [1.29, 1.82) is 0 Å². The molecular formula is C27H73W4-. The summed E-state index contributed by atoms with van der Waals surface area (Å²) in [5.41, 5.74) is 0. The van der Waals surface area contributed by atoms with Crippen molar-refractivity contribution in [3.8, 4) is 0 Å². The average molecular weight is 1130 g/mol. The summed E-state index contributed by atoms with van der Waals surface area (Å²) >= 11 is 0. The monoisotopic (exact) mass is 1130 g/mol. The molecule has 0 spiro atoms. The maximum absolute atomic E-state index is 3.73. The summed E-state index contributed by atoms with van der Waals surface area (Å²) in [4.78, 5) is 0. The van der Waals surface area contributed by atoms with Gasteiger partial charge in [-0.2, -0.15) is 24.2 Å².